The SMILES string of the molecule is CC(C)(C)OC(=O)C1=C(C(=O)OC(C)(C)C)C2(C(=O)Nc3ccccc32)C(C#N)=C(N)O1. The number of nitriles is 1. The van der Waals surface area contributed by atoms with Crippen LogP contribution in [0.15, 0.2) is 47.1 Å². The molecule has 0 saturated carbocycles. The number of carbonyl (C=O) groups is 3. The van der Waals surface area contributed by atoms with Gasteiger partial charge in [-0.3, -0.25) is 4.79 Å². The number of benzene rings is 1. The third-order valence-corrected chi connectivity index (χ3v) is 4.65. The molecule has 9 heteroatoms. The highest BCUT2D eigenvalue weighted by Gasteiger charge is 2.61. The van der Waals surface area contributed by atoms with Gasteiger partial charge in [-0.15, -0.1) is 0 Å². The van der Waals surface area contributed by atoms with Crippen LogP contribution in [0.1, 0.15) is 47.1 Å². The summed E-state index contributed by atoms with van der Waals surface area (Å²) in [4.78, 5) is 40.0. The number of nitrogens with two attached hydrogens (primary N) is 1. The van der Waals surface area contributed by atoms with Gasteiger partial charge in [-0.05, 0) is 47.6 Å². The average Bonchev–Trinajstić information content (AvgIpc) is 2.91. The molecule has 1 spiro atoms. The van der Waals surface area contributed by atoms with Gasteiger partial charge in [-0.1, -0.05) is 18.2 Å². The van der Waals surface area contributed by atoms with Gasteiger partial charge in [0.1, 0.15) is 28.4 Å². The van der Waals surface area contributed by atoms with Crippen molar-refractivity contribution >= 4 is 23.5 Å². The highest BCUT2D eigenvalue weighted by Crippen LogP contribution is 2.52. The van der Waals surface area contributed by atoms with Crippen LogP contribution in [0.4, 0.5) is 5.69 Å². The topological polar surface area (TPSA) is 141 Å². The molecule has 9 nitrogen and oxygen atoms in total. The van der Waals surface area contributed by atoms with Crippen molar-refractivity contribution in [3.05, 3.63) is 52.6 Å². The van der Waals surface area contributed by atoms with Crippen molar-refractivity contribution < 1.29 is 28.6 Å². The summed E-state index contributed by atoms with van der Waals surface area (Å²) >= 11 is 0. The Hall–Kier alpha value is -3.80. The van der Waals surface area contributed by atoms with Gasteiger partial charge in [0, 0.05) is 11.3 Å². The van der Waals surface area contributed by atoms with Crippen molar-refractivity contribution in [1.29, 1.82) is 5.26 Å². The van der Waals surface area contributed by atoms with Crippen LogP contribution < -0.4 is 11.1 Å². The van der Waals surface area contributed by atoms with Crippen molar-refractivity contribution in [2.45, 2.75) is 58.2 Å². The number of anilines is 1. The Balaban J connectivity index is 2.40. The lowest BCUT2D eigenvalue weighted by atomic mass is 9.68. The van der Waals surface area contributed by atoms with Crippen LogP contribution >= 0.6 is 0 Å². The number of hydrogen-bond donors (Lipinski definition) is 2. The summed E-state index contributed by atoms with van der Waals surface area (Å²) in [6.07, 6.45) is 0. The normalized spacial score (nSPS) is 20.3. The van der Waals surface area contributed by atoms with Crippen molar-refractivity contribution in [3.63, 3.8) is 0 Å². The molecule has 32 heavy (non-hydrogen) atoms. The lowest BCUT2D eigenvalue weighted by Crippen LogP contribution is -2.48. The number of carbonyl (C=O) groups excluding carboxylic acids is 3. The number of rotatable bonds is 2. The summed E-state index contributed by atoms with van der Waals surface area (Å²) < 4.78 is 16.4. The van der Waals surface area contributed by atoms with E-state index in [0.29, 0.717) is 5.69 Å². The summed E-state index contributed by atoms with van der Waals surface area (Å²) in [5, 5.41) is 12.6. The smallest absolute Gasteiger partial charge is 0.375 e. The predicted molar refractivity (Wildman–Crippen MR) is 113 cm³/mol. The van der Waals surface area contributed by atoms with E-state index in [1.165, 1.54) is 0 Å². The van der Waals surface area contributed by atoms with E-state index >= 15 is 0 Å². The molecular weight excluding hydrogens is 414 g/mol. The molecule has 0 radical (unpaired) electrons. The van der Waals surface area contributed by atoms with Crippen LogP contribution in [0.25, 0.3) is 0 Å². The first-order chi connectivity index (χ1) is 14.7. The van der Waals surface area contributed by atoms with Crippen molar-refractivity contribution in [3.8, 4) is 6.07 Å². The largest absolute Gasteiger partial charge is 0.456 e. The number of fused-ring (bicyclic) bond motifs is 2. The average molecular weight is 439 g/mol. The highest BCUT2D eigenvalue weighted by molar-refractivity contribution is 6.19. The quantitative estimate of drug-likeness (QED) is 0.670. The molecule has 0 aliphatic carbocycles. The van der Waals surface area contributed by atoms with Gasteiger partial charge in [0.25, 0.3) is 0 Å². The second-order valence-corrected chi connectivity index (χ2v) is 9.41. The van der Waals surface area contributed by atoms with Gasteiger partial charge in [0.2, 0.25) is 17.5 Å². The molecule has 1 atom stereocenters. The Labute approximate surface area is 185 Å². The van der Waals surface area contributed by atoms with E-state index in [0.717, 1.165) is 0 Å². The number of esters is 2. The van der Waals surface area contributed by atoms with E-state index in [9.17, 15) is 19.6 Å². The number of hydrogen-bond acceptors (Lipinski definition) is 8. The van der Waals surface area contributed by atoms with E-state index in [1.54, 1.807) is 65.8 Å². The molecule has 2 heterocycles. The van der Waals surface area contributed by atoms with Gasteiger partial charge in [-0.25, -0.2) is 9.59 Å². The third-order valence-electron chi connectivity index (χ3n) is 4.65. The summed E-state index contributed by atoms with van der Waals surface area (Å²) in [6.45, 7) is 9.80. The minimum atomic E-state index is -2.04. The maximum Gasteiger partial charge on any atom is 0.375 e. The molecule has 0 bridgehead atoms. The lowest BCUT2D eigenvalue weighted by molar-refractivity contribution is -0.157. The van der Waals surface area contributed by atoms with Gasteiger partial charge >= 0.3 is 11.9 Å². The van der Waals surface area contributed by atoms with Crippen LogP contribution in [-0.4, -0.2) is 29.0 Å². The van der Waals surface area contributed by atoms with Crippen LogP contribution in [0.3, 0.4) is 0 Å². The molecule has 3 rings (SSSR count). The molecule has 0 aromatic heterocycles. The number of amides is 1. The fraction of sp³-hybridized carbons (Fsp3) is 0.391. The van der Waals surface area contributed by atoms with Crippen molar-refractivity contribution in [1.82, 2.24) is 0 Å². The van der Waals surface area contributed by atoms with E-state index in [2.05, 4.69) is 5.32 Å². The molecule has 3 N–H and O–H groups in total. The summed E-state index contributed by atoms with van der Waals surface area (Å²) in [5.41, 5.74) is 1.90. The van der Waals surface area contributed by atoms with Gasteiger partial charge < -0.3 is 25.3 Å². The minimum absolute atomic E-state index is 0.273. The molecule has 2 aliphatic heterocycles. The minimum Gasteiger partial charge on any atom is -0.456 e. The Bertz CT molecular complexity index is 1130. The van der Waals surface area contributed by atoms with Gasteiger partial charge in [0.15, 0.2) is 5.41 Å². The first-order valence-electron chi connectivity index (χ1n) is 9.93. The van der Waals surface area contributed by atoms with Gasteiger partial charge in [-0.2, -0.15) is 5.26 Å². The van der Waals surface area contributed by atoms with Crippen LogP contribution in [0.2, 0.25) is 0 Å². The van der Waals surface area contributed by atoms with Crippen molar-refractivity contribution in [2.24, 2.45) is 5.73 Å². The van der Waals surface area contributed by atoms with E-state index in [1.807, 2.05) is 6.07 Å². The molecule has 0 fully saturated rings. The summed E-state index contributed by atoms with van der Waals surface area (Å²) in [6, 6.07) is 8.39. The standard InChI is InChI=1S/C23H25N3O6/c1-21(2,3)31-18(27)15-16(19(28)32-22(4,5)6)30-17(25)13(11-24)23(15)12-9-7-8-10-14(12)26-20(23)29/h7-10H,25H2,1-6H3,(H,26,29). The monoisotopic (exact) mass is 439 g/mol. The second-order valence-electron chi connectivity index (χ2n) is 9.41. The molecule has 1 unspecified atom stereocenters. The Morgan fingerprint density at radius 2 is 1.62 bits per heavy atom. The first kappa shape index (κ1) is 22.9. The molecule has 2 aliphatic rings. The second kappa shape index (κ2) is 7.41. The molecule has 0 saturated heterocycles. The third kappa shape index (κ3) is 3.68. The van der Waals surface area contributed by atoms with Crippen LogP contribution in [0, 0.1) is 11.3 Å². The van der Waals surface area contributed by atoms with Gasteiger partial charge in [0.05, 0.1) is 0 Å². The summed E-state index contributed by atoms with van der Waals surface area (Å²) in [7, 11) is 0. The summed E-state index contributed by atoms with van der Waals surface area (Å²) in [5.74, 6) is -3.84. The molecule has 1 aromatic rings. The molecular formula is C23H25N3O6. The Morgan fingerprint density at radius 1 is 1.06 bits per heavy atom. The fourth-order valence-corrected chi connectivity index (χ4v) is 3.63. The highest BCUT2D eigenvalue weighted by atomic mass is 16.6. The van der Waals surface area contributed by atoms with E-state index in [4.69, 9.17) is 19.9 Å². The Morgan fingerprint density at radius 3 is 2.19 bits per heavy atom. The molecule has 1 amide bonds. The van der Waals surface area contributed by atoms with Crippen LogP contribution in [0.5, 0.6) is 0 Å². The molecule has 1 aromatic carbocycles. The number of nitrogens with one attached hydrogen (secondary N) is 1. The predicted octanol–water partition coefficient (Wildman–Crippen LogP) is 2.54. The Kier molecular flexibility index (Phi) is 5.30. The van der Waals surface area contributed by atoms with Crippen molar-refractivity contribution in [2.75, 3.05) is 5.32 Å². The maximum absolute atomic E-state index is 13.5. The zero-order valence-electron chi connectivity index (χ0n) is 18.8. The van der Waals surface area contributed by atoms with E-state index < -0.39 is 51.7 Å². The fourth-order valence-electron chi connectivity index (χ4n) is 3.63. The lowest BCUT2D eigenvalue weighted by Gasteiger charge is -2.35. The van der Waals surface area contributed by atoms with Crippen LogP contribution in [-0.2, 0) is 34.0 Å². The first-order valence-corrected chi connectivity index (χ1v) is 9.93. The number of para-hydroxylation sites is 1. The maximum atomic E-state index is 13.5. The zero-order chi connectivity index (χ0) is 24.1. The van der Waals surface area contributed by atoms with E-state index in [-0.39, 0.29) is 11.1 Å². The molecule has 168 valence electrons. The zero-order valence-corrected chi connectivity index (χ0v) is 18.8. The number of ether oxygens (including phenoxy) is 3. The number of nitrogens with zero attached hydrogens (tertiary/aromatic N) is 1.